The highest BCUT2D eigenvalue weighted by molar-refractivity contribution is 6.03. The molecule has 7 nitrogen and oxygen atoms in total. The molecule has 0 aliphatic rings. The van der Waals surface area contributed by atoms with Crippen molar-refractivity contribution in [2.75, 3.05) is 24.9 Å². The van der Waals surface area contributed by atoms with Crippen LogP contribution in [0.3, 0.4) is 0 Å². The summed E-state index contributed by atoms with van der Waals surface area (Å²) in [4.78, 5) is 20.7. The number of carbonyl (C=O) groups is 1. The van der Waals surface area contributed by atoms with Crippen LogP contribution in [0, 0.1) is 0 Å². The van der Waals surface area contributed by atoms with Gasteiger partial charge in [-0.05, 0) is 32.9 Å². The minimum absolute atomic E-state index is 0.130. The maximum atomic E-state index is 12.3. The van der Waals surface area contributed by atoms with Crippen LogP contribution in [0.5, 0.6) is 11.5 Å². The molecule has 1 amide bonds. The van der Waals surface area contributed by atoms with E-state index in [4.69, 9.17) is 9.47 Å². The predicted octanol–water partition coefficient (Wildman–Crippen LogP) is 2.96. The van der Waals surface area contributed by atoms with Crippen LogP contribution in [0.4, 0.5) is 11.5 Å². The van der Waals surface area contributed by atoms with Gasteiger partial charge in [0.05, 0.1) is 32.3 Å². The van der Waals surface area contributed by atoms with Gasteiger partial charge in [-0.1, -0.05) is 0 Å². The smallest absolute Gasteiger partial charge is 0.275 e. The second-order valence-corrected chi connectivity index (χ2v) is 6.18. The fraction of sp³-hybridized carbons (Fsp3) is 0.353. The van der Waals surface area contributed by atoms with Crippen LogP contribution in [0.15, 0.2) is 30.6 Å². The van der Waals surface area contributed by atoms with E-state index in [1.807, 2.05) is 20.8 Å². The molecule has 0 saturated heterocycles. The summed E-state index contributed by atoms with van der Waals surface area (Å²) in [5.41, 5.74) is 0.615. The summed E-state index contributed by atoms with van der Waals surface area (Å²) in [7, 11) is 3.09. The molecule has 0 saturated carbocycles. The molecular weight excluding hydrogens is 308 g/mol. The van der Waals surface area contributed by atoms with E-state index in [1.54, 1.807) is 25.3 Å². The minimum Gasteiger partial charge on any atom is -0.497 e. The van der Waals surface area contributed by atoms with Gasteiger partial charge >= 0.3 is 0 Å². The summed E-state index contributed by atoms with van der Waals surface area (Å²) in [6.45, 7) is 6.06. The average molecular weight is 330 g/mol. The molecule has 2 rings (SSSR count). The van der Waals surface area contributed by atoms with E-state index in [2.05, 4.69) is 20.6 Å². The van der Waals surface area contributed by atoms with Crippen molar-refractivity contribution >= 4 is 17.4 Å². The SMILES string of the molecule is COc1ccc(NC(=O)c2cnc(NC(C)(C)C)cn2)c(OC)c1. The molecule has 0 unspecified atom stereocenters. The fourth-order valence-corrected chi connectivity index (χ4v) is 1.98. The molecule has 0 aliphatic heterocycles. The molecule has 2 N–H and O–H groups in total. The molecule has 0 radical (unpaired) electrons. The van der Waals surface area contributed by atoms with Crippen molar-refractivity contribution in [1.82, 2.24) is 9.97 Å². The van der Waals surface area contributed by atoms with E-state index in [0.717, 1.165) is 0 Å². The Morgan fingerprint density at radius 2 is 1.83 bits per heavy atom. The minimum atomic E-state index is -0.367. The number of amides is 1. The van der Waals surface area contributed by atoms with Crippen LogP contribution < -0.4 is 20.1 Å². The number of anilines is 2. The van der Waals surface area contributed by atoms with Crippen molar-refractivity contribution in [3.8, 4) is 11.5 Å². The third-order valence-corrected chi connectivity index (χ3v) is 3.04. The quantitative estimate of drug-likeness (QED) is 0.877. The van der Waals surface area contributed by atoms with Gasteiger partial charge in [-0.3, -0.25) is 4.79 Å². The number of benzene rings is 1. The summed E-state index contributed by atoms with van der Waals surface area (Å²) >= 11 is 0. The highest BCUT2D eigenvalue weighted by Crippen LogP contribution is 2.29. The molecule has 1 aromatic carbocycles. The maximum Gasteiger partial charge on any atom is 0.275 e. The zero-order chi connectivity index (χ0) is 17.7. The van der Waals surface area contributed by atoms with Crippen molar-refractivity contribution in [2.45, 2.75) is 26.3 Å². The molecular formula is C17H22N4O3. The van der Waals surface area contributed by atoms with Crippen LogP contribution in [0.1, 0.15) is 31.3 Å². The van der Waals surface area contributed by atoms with E-state index in [0.29, 0.717) is 23.0 Å². The monoisotopic (exact) mass is 330 g/mol. The Hall–Kier alpha value is -2.83. The van der Waals surface area contributed by atoms with Crippen molar-refractivity contribution < 1.29 is 14.3 Å². The Morgan fingerprint density at radius 3 is 2.38 bits per heavy atom. The van der Waals surface area contributed by atoms with Gasteiger partial charge in [0.15, 0.2) is 0 Å². The third-order valence-electron chi connectivity index (χ3n) is 3.04. The zero-order valence-electron chi connectivity index (χ0n) is 14.5. The number of rotatable bonds is 5. The summed E-state index contributed by atoms with van der Waals surface area (Å²) in [6, 6.07) is 5.14. The Kier molecular flexibility index (Phi) is 5.23. The normalized spacial score (nSPS) is 10.9. The first-order valence-corrected chi connectivity index (χ1v) is 7.46. The lowest BCUT2D eigenvalue weighted by atomic mass is 10.1. The summed E-state index contributed by atoms with van der Waals surface area (Å²) in [5.74, 6) is 1.39. The molecule has 0 atom stereocenters. The van der Waals surface area contributed by atoms with Crippen LogP contribution in [0.2, 0.25) is 0 Å². The number of nitrogens with zero attached hydrogens (tertiary/aromatic N) is 2. The molecule has 0 aliphatic carbocycles. The van der Waals surface area contributed by atoms with Crippen LogP contribution in [-0.4, -0.2) is 35.6 Å². The van der Waals surface area contributed by atoms with Crippen LogP contribution in [0.25, 0.3) is 0 Å². The summed E-state index contributed by atoms with van der Waals surface area (Å²) in [5, 5.41) is 5.94. The maximum absolute atomic E-state index is 12.3. The number of ether oxygens (including phenoxy) is 2. The summed E-state index contributed by atoms with van der Waals surface area (Å²) in [6.07, 6.45) is 2.96. The van der Waals surface area contributed by atoms with Gasteiger partial charge in [-0.25, -0.2) is 9.97 Å². The van der Waals surface area contributed by atoms with Crippen molar-refractivity contribution in [3.63, 3.8) is 0 Å². The van der Waals surface area contributed by atoms with Gasteiger partial charge in [-0.15, -0.1) is 0 Å². The molecule has 2 aromatic rings. The highest BCUT2D eigenvalue weighted by Gasteiger charge is 2.14. The second-order valence-electron chi connectivity index (χ2n) is 6.18. The van der Waals surface area contributed by atoms with E-state index >= 15 is 0 Å². The number of methoxy groups -OCH3 is 2. The number of nitrogens with one attached hydrogen (secondary N) is 2. The lowest BCUT2D eigenvalue weighted by Crippen LogP contribution is -2.27. The Morgan fingerprint density at radius 1 is 1.08 bits per heavy atom. The van der Waals surface area contributed by atoms with Gasteiger partial charge in [0.1, 0.15) is 23.0 Å². The van der Waals surface area contributed by atoms with Crippen molar-refractivity contribution in [3.05, 3.63) is 36.3 Å². The van der Waals surface area contributed by atoms with E-state index in [9.17, 15) is 4.79 Å². The fourth-order valence-electron chi connectivity index (χ4n) is 1.98. The first-order chi connectivity index (χ1) is 11.3. The predicted molar refractivity (Wildman–Crippen MR) is 92.9 cm³/mol. The lowest BCUT2D eigenvalue weighted by Gasteiger charge is -2.20. The number of carbonyl (C=O) groups excluding carboxylic acids is 1. The second kappa shape index (κ2) is 7.16. The number of aromatic nitrogens is 2. The topological polar surface area (TPSA) is 85.4 Å². The van der Waals surface area contributed by atoms with E-state index in [-0.39, 0.29) is 17.1 Å². The third kappa shape index (κ3) is 4.58. The zero-order valence-corrected chi connectivity index (χ0v) is 14.5. The lowest BCUT2D eigenvalue weighted by molar-refractivity contribution is 0.102. The van der Waals surface area contributed by atoms with Crippen LogP contribution >= 0.6 is 0 Å². The molecule has 0 fully saturated rings. The van der Waals surface area contributed by atoms with Crippen LogP contribution in [-0.2, 0) is 0 Å². The molecule has 128 valence electrons. The Labute approximate surface area is 141 Å². The van der Waals surface area contributed by atoms with E-state index in [1.165, 1.54) is 19.5 Å². The molecule has 0 spiro atoms. The molecule has 1 aromatic heterocycles. The average Bonchev–Trinajstić information content (AvgIpc) is 2.54. The Bertz CT molecular complexity index is 709. The largest absolute Gasteiger partial charge is 0.497 e. The van der Waals surface area contributed by atoms with Gasteiger partial charge in [0.2, 0.25) is 0 Å². The van der Waals surface area contributed by atoms with Gasteiger partial charge < -0.3 is 20.1 Å². The molecule has 7 heteroatoms. The molecule has 0 bridgehead atoms. The molecule has 24 heavy (non-hydrogen) atoms. The van der Waals surface area contributed by atoms with E-state index < -0.39 is 0 Å². The number of hydrogen-bond acceptors (Lipinski definition) is 6. The van der Waals surface area contributed by atoms with Gasteiger partial charge in [0.25, 0.3) is 5.91 Å². The van der Waals surface area contributed by atoms with Crippen molar-refractivity contribution in [2.24, 2.45) is 0 Å². The van der Waals surface area contributed by atoms with Gasteiger partial charge in [-0.2, -0.15) is 0 Å². The Balaban J connectivity index is 2.12. The first kappa shape index (κ1) is 17.5. The van der Waals surface area contributed by atoms with Gasteiger partial charge in [0, 0.05) is 11.6 Å². The van der Waals surface area contributed by atoms with Crippen molar-refractivity contribution in [1.29, 1.82) is 0 Å². The number of hydrogen-bond donors (Lipinski definition) is 2. The standard InChI is InChI=1S/C17H22N4O3/c1-17(2,3)21-15-10-18-13(9-19-15)16(22)20-12-7-6-11(23-4)8-14(12)24-5/h6-10H,1-5H3,(H,19,21)(H,20,22). The summed E-state index contributed by atoms with van der Waals surface area (Å²) < 4.78 is 10.4. The molecule has 1 heterocycles. The highest BCUT2D eigenvalue weighted by atomic mass is 16.5. The first-order valence-electron chi connectivity index (χ1n) is 7.46.